The Hall–Kier alpha value is -1.95. The lowest BCUT2D eigenvalue weighted by atomic mass is 9.93. The molecular formula is C16H21FN2O3. The first-order valence-corrected chi connectivity index (χ1v) is 7.23. The van der Waals surface area contributed by atoms with Gasteiger partial charge in [-0.15, -0.1) is 0 Å². The molecule has 1 heterocycles. The molecule has 1 unspecified atom stereocenters. The molecule has 0 spiro atoms. The van der Waals surface area contributed by atoms with E-state index in [1.54, 1.807) is 24.1 Å². The van der Waals surface area contributed by atoms with Crippen LogP contribution >= 0.6 is 0 Å². The molecule has 5 nitrogen and oxygen atoms in total. The summed E-state index contributed by atoms with van der Waals surface area (Å²) >= 11 is 0. The van der Waals surface area contributed by atoms with Gasteiger partial charge in [-0.1, -0.05) is 18.2 Å². The molecule has 0 bridgehead atoms. The van der Waals surface area contributed by atoms with Crippen LogP contribution in [0, 0.1) is 5.82 Å². The molecule has 0 aromatic heterocycles. The third kappa shape index (κ3) is 2.97. The van der Waals surface area contributed by atoms with Crippen LogP contribution in [0.15, 0.2) is 24.3 Å². The van der Waals surface area contributed by atoms with Crippen molar-refractivity contribution in [3.05, 3.63) is 35.6 Å². The molecular weight excluding hydrogens is 287 g/mol. The first-order chi connectivity index (χ1) is 10.4. The minimum atomic E-state index is -1.45. The molecule has 2 rings (SSSR count). The van der Waals surface area contributed by atoms with E-state index in [-0.39, 0.29) is 18.0 Å². The van der Waals surface area contributed by atoms with Crippen molar-refractivity contribution >= 4 is 11.8 Å². The fourth-order valence-corrected chi connectivity index (χ4v) is 2.62. The van der Waals surface area contributed by atoms with Crippen molar-refractivity contribution < 1.29 is 18.7 Å². The summed E-state index contributed by atoms with van der Waals surface area (Å²) in [6.45, 7) is 2.57. The lowest BCUT2D eigenvalue weighted by molar-refractivity contribution is -0.156. The van der Waals surface area contributed by atoms with E-state index in [2.05, 4.69) is 0 Å². The lowest BCUT2D eigenvalue weighted by Crippen LogP contribution is -2.49. The van der Waals surface area contributed by atoms with E-state index in [0.717, 1.165) is 0 Å². The first-order valence-electron chi connectivity index (χ1n) is 7.23. The number of methoxy groups -OCH3 is 1. The summed E-state index contributed by atoms with van der Waals surface area (Å²) in [6.07, 6.45) is 0.686. The lowest BCUT2D eigenvalue weighted by Gasteiger charge is -2.33. The van der Waals surface area contributed by atoms with Gasteiger partial charge in [0.25, 0.3) is 5.91 Å². The maximum atomic E-state index is 14.1. The van der Waals surface area contributed by atoms with Gasteiger partial charge in [0.2, 0.25) is 5.91 Å². The molecule has 1 aromatic rings. The molecule has 0 N–H and O–H groups in total. The summed E-state index contributed by atoms with van der Waals surface area (Å²) in [5.41, 5.74) is -1.28. The van der Waals surface area contributed by atoms with Gasteiger partial charge < -0.3 is 14.5 Å². The number of carbonyl (C=O) groups is 2. The number of likely N-dealkylation sites (N-methyl/N-ethyl adjacent to an activating group) is 1. The molecule has 6 heteroatoms. The van der Waals surface area contributed by atoms with Gasteiger partial charge in [0.15, 0.2) is 5.60 Å². The van der Waals surface area contributed by atoms with E-state index >= 15 is 0 Å². The largest absolute Gasteiger partial charge is 0.364 e. The zero-order chi connectivity index (χ0) is 16.3. The summed E-state index contributed by atoms with van der Waals surface area (Å²) < 4.78 is 19.5. The minimum absolute atomic E-state index is 0.0112. The maximum Gasteiger partial charge on any atom is 0.259 e. The quantitative estimate of drug-likeness (QED) is 0.847. The highest BCUT2D eigenvalue weighted by atomic mass is 19.1. The van der Waals surface area contributed by atoms with Crippen LogP contribution in [-0.2, 0) is 19.9 Å². The Morgan fingerprint density at radius 3 is 2.64 bits per heavy atom. The van der Waals surface area contributed by atoms with Crippen molar-refractivity contribution in [2.45, 2.75) is 18.9 Å². The summed E-state index contributed by atoms with van der Waals surface area (Å²) in [5, 5.41) is 0. The van der Waals surface area contributed by atoms with Crippen molar-refractivity contribution in [1.82, 2.24) is 9.80 Å². The Kier molecular flexibility index (Phi) is 4.81. The van der Waals surface area contributed by atoms with Crippen molar-refractivity contribution in [3.63, 3.8) is 0 Å². The fraction of sp³-hybridized carbons (Fsp3) is 0.500. The zero-order valence-electron chi connectivity index (χ0n) is 13.1. The Balaban J connectivity index is 2.32. The first kappa shape index (κ1) is 16.4. The van der Waals surface area contributed by atoms with Gasteiger partial charge in [0.1, 0.15) is 5.82 Å². The van der Waals surface area contributed by atoms with Crippen LogP contribution in [0.3, 0.4) is 0 Å². The minimum Gasteiger partial charge on any atom is -0.364 e. The van der Waals surface area contributed by atoms with Gasteiger partial charge in [-0.3, -0.25) is 9.59 Å². The van der Waals surface area contributed by atoms with Crippen LogP contribution < -0.4 is 0 Å². The second-order valence-corrected chi connectivity index (χ2v) is 5.61. The normalized spacial score (nSPS) is 18.8. The Morgan fingerprint density at radius 1 is 1.32 bits per heavy atom. The highest BCUT2D eigenvalue weighted by molar-refractivity contribution is 5.90. The monoisotopic (exact) mass is 308 g/mol. The molecule has 120 valence electrons. The van der Waals surface area contributed by atoms with E-state index < -0.39 is 17.3 Å². The van der Waals surface area contributed by atoms with Crippen molar-refractivity contribution in [2.75, 3.05) is 33.8 Å². The Labute approximate surface area is 129 Å². The van der Waals surface area contributed by atoms with Crippen LogP contribution in [0.4, 0.5) is 4.39 Å². The number of nitrogens with zero attached hydrogens (tertiary/aromatic N) is 2. The number of amides is 2. The van der Waals surface area contributed by atoms with E-state index in [1.807, 2.05) is 0 Å². The average Bonchev–Trinajstić information content (AvgIpc) is 2.68. The molecule has 1 atom stereocenters. The number of ether oxygens (including phenoxy) is 1. The van der Waals surface area contributed by atoms with Crippen molar-refractivity contribution in [3.8, 4) is 0 Å². The molecule has 0 saturated carbocycles. The molecule has 0 radical (unpaired) electrons. The average molecular weight is 308 g/mol. The maximum absolute atomic E-state index is 14.1. The van der Waals surface area contributed by atoms with Gasteiger partial charge in [-0.25, -0.2) is 4.39 Å². The van der Waals surface area contributed by atoms with Crippen LogP contribution in [0.25, 0.3) is 0 Å². The van der Waals surface area contributed by atoms with Gasteiger partial charge >= 0.3 is 0 Å². The number of hydrogen-bond donors (Lipinski definition) is 0. The molecule has 1 saturated heterocycles. The Morgan fingerprint density at radius 2 is 2.00 bits per heavy atom. The summed E-state index contributed by atoms with van der Waals surface area (Å²) in [5.74, 6) is -1.03. The highest BCUT2D eigenvalue weighted by Crippen LogP contribution is 2.29. The standard InChI is InChI=1S/C16H21FN2O3/c1-16(22-3,12-7-4-5-8-13(12)17)15(21)19-10-6-9-18(2)14(20)11-19/h4-5,7-8H,6,9-11H2,1-3H3. The summed E-state index contributed by atoms with van der Waals surface area (Å²) in [6, 6.07) is 6.04. The molecule has 1 fully saturated rings. The Bertz CT molecular complexity index is 578. The van der Waals surface area contributed by atoms with E-state index in [9.17, 15) is 14.0 Å². The van der Waals surface area contributed by atoms with Gasteiger partial charge in [0.05, 0.1) is 6.54 Å². The van der Waals surface area contributed by atoms with Crippen LogP contribution in [0.1, 0.15) is 18.9 Å². The molecule has 1 aliphatic rings. The van der Waals surface area contributed by atoms with Gasteiger partial charge in [-0.05, 0) is 19.4 Å². The van der Waals surface area contributed by atoms with Crippen LogP contribution in [-0.4, -0.2) is 55.4 Å². The molecule has 22 heavy (non-hydrogen) atoms. The number of benzene rings is 1. The fourth-order valence-electron chi connectivity index (χ4n) is 2.62. The van der Waals surface area contributed by atoms with E-state index in [1.165, 1.54) is 31.1 Å². The van der Waals surface area contributed by atoms with Crippen molar-refractivity contribution in [1.29, 1.82) is 0 Å². The molecule has 1 aliphatic heterocycles. The summed E-state index contributed by atoms with van der Waals surface area (Å²) in [7, 11) is 3.08. The molecule has 0 aliphatic carbocycles. The van der Waals surface area contributed by atoms with Crippen LogP contribution in [0.5, 0.6) is 0 Å². The van der Waals surface area contributed by atoms with Gasteiger partial charge in [0, 0.05) is 32.8 Å². The van der Waals surface area contributed by atoms with Crippen molar-refractivity contribution in [2.24, 2.45) is 0 Å². The van der Waals surface area contributed by atoms with Crippen LogP contribution in [0.2, 0.25) is 0 Å². The second kappa shape index (κ2) is 6.44. The zero-order valence-corrected chi connectivity index (χ0v) is 13.1. The van der Waals surface area contributed by atoms with E-state index in [0.29, 0.717) is 19.5 Å². The smallest absolute Gasteiger partial charge is 0.259 e. The number of hydrogen-bond acceptors (Lipinski definition) is 3. The highest BCUT2D eigenvalue weighted by Gasteiger charge is 2.41. The number of rotatable bonds is 3. The molecule has 2 amide bonds. The second-order valence-electron chi connectivity index (χ2n) is 5.61. The number of carbonyl (C=O) groups excluding carboxylic acids is 2. The SMILES string of the molecule is COC(C)(C(=O)N1CCCN(C)C(=O)C1)c1ccccc1F. The molecule has 1 aromatic carbocycles. The third-order valence-corrected chi connectivity index (χ3v) is 4.16. The number of halogens is 1. The summed E-state index contributed by atoms with van der Waals surface area (Å²) in [4.78, 5) is 27.9. The third-order valence-electron chi connectivity index (χ3n) is 4.16. The predicted octanol–water partition coefficient (Wildman–Crippen LogP) is 1.38. The predicted molar refractivity (Wildman–Crippen MR) is 79.6 cm³/mol. The van der Waals surface area contributed by atoms with E-state index in [4.69, 9.17) is 4.74 Å². The van der Waals surface area contributed by atoms with Gasteiger partial charge in [-0.2, -0.15) is 0 Å². The topological polar surface area (TPSA) is 49.9 Å².